The van der Waals surface area contributed by atoms with Crippen molar-refractivity contribution >= 4 is 16.7 Å². The molecule has 0 saturated carbocycles. The number of alkyl halides is 3. The Morgan fingerprint density at radius 2 is 1.71 bits per heavy atom. The minimum atomic E-state index is -4.53. The van der Waals surface area contributed by atoms with Gasteiger partial charge in [-0.2, -0.15) is 13.2 Å². The number of nitrogens with one attached hydrogen (secondary N) is 1. The fraction of sp³-hybridized carbons (Fsp3) is 0.238. The van der Waals surface area contributed by atoms with Gasteiger partial charge in [-0.3, -0.25) is 9.59 Å². The minimum absolute atomic E-state index is 0.00167. The third kappa shape index (κ3) is 3.67. The van der Waals surface area contributed by atoms with Gasteiger partial charge in [0, 0.05) is 23.9 Å². The Hall–Kier alpha value is -3.27. The average Bonchev–Trinajstić information content (AvgIpc) is 2.73. The van der Waals surface area contributed by atoms with Gasteiger partial charge in [-0.15, -0.1) is 0 Å². The Morgan fingerprint density at radius 3 is 2.32 bits per heavy atom. The number of halogens is 5. The van der Waals surface area contributed by atoms with Gasteiger partial charge in [-0.25, -0.2) is 8.78 Å². The summed E-state index contributed by atoms with van der Waals surface area (Å²) in [6.45, 7) is -0.00562. The summed E-state index contributed by atoms with van der Waals surface area (Å²) in [5.74, 6) is -2.94. The van der Waals surface area contributed by atoms with E-state index in [2.05, 4.69) is 4.98 Å². The van der Waals surface area contributed by atoms with Crippen LogP contribution in [0.1, 0.15) is 33.2 Å². The van der Waals surface area contributed by atoms with Crippen LogP contribution in [0.15, 0.2) is 41.2 Å². The van der Waals surface area contributed by atoms with E-state index in [1.165, 1.54) is 11.9 Å². The number of carbonyl (C=O) groups is 1. The zero-order valence-corrected chi connectivity index (χ0v) is 16.0. The van der Waals surface area contributed by atoms with Gasteiger partial charge in [0.2, 0.25) is 0 Å². The average molecular weight is 438 g/mol. The second kappa shape index (κ2) is 7.45. The summed E-state index contributed by atoms with van der Waals surface area (Å²) >= 11 is 0. The number of nitrogens with zero attached hydrogens (tertiary/aromatic N) is 1. The first kappa shape index (κ1) is 21.0. The molecule has 0 aliphatic carbocycles. The number of likely N-dealkylation sites (N-methyl/N-ethyl adjacent to an activating group) is 1. The van der Waals surface area contributed by atoms with E-state index in [0.717, 1.165) is 36.4 Å². The highest BCUT2D eigenvalue weighted by Gasteiger charge is 2.33. The molecule has 0 bridgehead atoms. The smallest absolute Gasteiger partial charge is 0.373 e. The first-order valence-electron chi connectivity index (χ1n) is 9.14. The van der Waals surface area contributed by atoms with Gasteiger partial charge in [0.1, 0.15) is 0 Å². The molecule has 3 aromatic rings. The zero-order valence-electron chi connectivity index (χ0n) is 16.0. The summed E-state index contributed by atoms with van der Waals surface area (Å²) in [5, 5.41) is 0.0537. The number of carbonyl (C=O) groups excluding carboxylic acids is 1. The highest BCUT2D eigenvalue weighted by molar-refractivity contribution is 5.95. The van der Waals surface area contributed by atoms with Crippen molar-refractivity contribution in [2.45, 2.75) is 18.8 Å². The first-order chi connectivity index (χ1) is 14.6. The molecule has 2 heterocycles. The molecular weight excluding hydrogens is 423 g/mol. The summed E-state index contributed by atoms with van der Waals surface area (Å²) < 4.78 is 71.4. The van der Waals surface area contributed by atoms with Crippen LogP contribution in [0.4, 0.5) is 22.0 Å². The van der Waals surface area contributed by atoms with Gasteiger partial charge >= 0.3 is 6.18 Å². The molecule has 0 unspecified atom stereocenters. The first-order valence-corrected chi connectivity index (χ1v) is 9.14. The maximum Gasteiger partial charge on any atom is 0.416 e. The van der Waals surface area contributed by atoms with Crippen molar-refractivity contribution in [2.75, 3.05) is 13.7 Å². The second-order valence-corrected chi connectivity index (χ2v) is 7.18. The molecule has 5 nitrogen and oxygen atoms in total. The minimum Gasteiger partial charge on any atom is -0.373 e. The van der Waals surface area contributed by atoms with E-state index in [4.69, 9.17) is 4.74 Å². The van der Waals surface area contributed by atoms with Crippen molar-refractivity contribution in [3.8, 4) is 0 Å². The molecular formula is C21H15F5N2O3. The number of aromatic amines is 1. The van der Waals surface area contributed by atoms with Crippen LogP contribution >= 0.6 is 0 Å². The molecule has 0 saturated heterocycles. The van der Waals surface area contributed by atoms with E-state index in [1.807, 2.05) is 0 Å². The number of rotatable bonds is 2. The lowest BCUT2D eigenvalue weighted by atomic mass is 9.95. The van der Waals surface area contributed by atoms with Gasteiger partial charge in [0.25, 0.3) is 11.5 Å². The van der Waals surface area contributed by atoms with Crippen molar-refractivity contribution in [1.82, 2.24) is 9.88 Å². The molecule has 4 rings (SSSR count). The standard InChI is InChI=1S/C21H15F5N2O3/c1-28(20(30)10-2-4-11(5-3-10)21(24,25)26)17-9-31-8-16-18(17)12-6-14(22)15(23)7-13(12)19(29)27-16/h2-7,17H,8-9H2,1H3,(H,27,29)/t17-/m0/s1. The van der Waals surface area contributed by atoms with Crippen LogP contribution in [0.3, 0.4) is 0 Å². The third-order valence-corrected chi connectivity index (χ3v) is 5.29. The number of hydrogen-bond acceptors (Lipinski definition) is 3. The molecule has 2 aromatic carbocycles. The van der Waals surface area contributed by atoms with Crippen LogP contribution in [-0.2, 0) is 17.5 Å². The van der Waals surface area contributed by atoms with Gasteiger partial charge in [-0.1, -0.05) is 0 Å². The van der Waals surface area contributed by atoms with Gasteiger partial charge in [-0.05, 0) is 41.8 Å². The van der Waals surface area contributed by atoms with E-state index in [0.29, 0.717) is 11.3 Å². The number of H-pyrrole nitrogens is 1. The maximum absolute atomic E-state index is 13.9. The van der Waals surface area contributed by atoms with Crippen LogP contribution in [0.25, 0.3) is 10.8 Å². The monoisotopic (exact) mass is 438 g/mol. The molecule has 1 N–H and O–H groups in total. The van der Waals surface area contributed by atoms with Crippen molar-refractivity contribution < 1.29 is 31.5 Å². The van der Waals surface area contributed by atoms with Crippen molar-refractivity contribution in [1.29, 1.82) is 0 Å². The number of amides is 1. The molecule has 162 valence electrons. The Bertz CT molecular complexity index is 1230. The molecule has 1 aliphatic rings. The number of pyridine rings is 1. The van der Waals surface area contributed by atoms with E-state index in [-0.39, 0.29) is 29.5 Å². The Balaban J connectivity index is 1.77. The van der Waals surface area contributed by atoms with Gasteiger partial charge < -0.3 is 14.6 Å². The van der Waals surface area contributed by atoms with Crippen LogP contribution in [0.2, 0.25) is 0 Å². The Kier molecular flexibility index (Phi) is 5.04. The number of aromatic nitrogens is 1. The fourth-order valence-corrected chi connectivity index (χ4v) is 3.69. The molecule has 1 aliphatic heterocycles. The van der Waals surface area contributed by atoms with Crippen molar-refractivity contribution in [2.24, 2.45) is 0 Å². The molecule has 1 amide bonds. The highest BCUT2D eigenvalue weighted by atomic mass is 19.4. The summed E-state index contributed by atoms with van der Waals surface area (Å²) in [4.78, 5) is 29.0. The molecule has 1 atom stereocenters. The zero-order chi connectivity index (χ0) is 22.5. The molecule has 10 heteroatoms. The third-order valence-electron chi connectivity index (χ3n) is 5.29. The van der Waals surface area contributed by atoms with Crippen LogP contribution in [0, 0.1) is 11.6 Å². The molecule has 1 aromatic heterocycles. The normalized spacial score (nSPS) is 16.3. The lowest BCUT2D eigenvalue weighted by Crippen LogP contribution is -2.37. The van der Waals surface area contributed by atoms with Crippen LogP contribution in [0.5, 0.6) is 0 Å². The van der Waals surface area contributed by atoms with Crippen molar-refractivity contribution in [3.05, 3.63) is 80.8 Å². The number of ether oxygens (including phenoxy) is 1. The van der Waals surface area contributed by atoms with Gasteiger partial charge in [0.05, 0.1) is 30.2 Å². The summed E-state index contributed by atoms with van der Waals surface area (Å²) in [7, 11) is 1.42. The van der Waals surface area contributed by atoms with E-state index in [9.17, 15) is 31.5 Å². The highest BCUT2D eigenvalue weighted by Crippen LogP contribution is 2.34. The summed E-state index contributed by atoms with van der Waals surface area (Å²) in [5.41, 5.74) is -0.810. The summed E-state index contributed by atoms with van der Waals surface area (Å²) in [6, 6.07) is 4.62. The van der Waals surface area contributed by atoms with Crippen molar-refractivity contribution in [3.63, 3.8) is 0 Å². The molecule has 0 spiro atoms. The Labute approximate surface area is 172 Å². The van der Waals surface area contributed by atoms with Crippen LogP contribution < -0.4 is 5.56 Å². The van der Waals surface area contributed by atoms with Gasteiger partial charge in [0.15, 0.2) is 11.6 Å². The topological polar surface area (TPSA) is 62.4 Å². The quantitative estimate of drug-likeness (QED) is 0.611. The maximum atomic E-state index is 13.9. The molecule has 0 radical (unpaired) electrons. The number of fused-ring (bicyclic) bond motifs is 3. The number of benzene rings is 2. The second-order valence-electron chi connectivity index (χ2n) is 7.18. The molecule has 31 heavy (non-hydrogen) atoms. The van der Waals surface area contributed by atoms with E-state index < -0.39 is 40.9 Å². The SMILES string of the molecule is CN(C(=O)c1ccc(C(F)(F)F)cc1)[C@H]1COCc2[nH]c(=O)c3cc(F)c(F)cc3c21. The summed E-state index contributed by atoms with van der Waals surface area (Å²) in [6.07, 6.45) is -4.53. The van der Waals surface area contributed by atoms with E-state index >= 15 is 0 Å². The number of hydrogen-bond donors (Lipinski definition) is 1. The Morgan fingerprint density at radius 1 is 1.10 bits per heavy atom. The van der Waals surface area contributed by atoms with E-state index in [1.54, 1.807) is 0 Å². The predicted molar refractivity (Wildman–Crippen MR) is 100 cm³/mol. The molecule has 0 fully saturated rings. The largest absolute Gasteiger partial charge is 0.416 e. The van der Waals surface area contributed by atoms with Crippen LogP contribution in [-0.4, -0.2) is 29.4 Å². The predicted octanol–water partition coefficient (Wildman–Crippen LogP) is 4.17. The lowest BCUT2D eigenvalue weighted by Gasteiger charge is -2.34. The lowest BCUT2D eigenvalue weighted by molar-refractivity contribution is -0.137. The fourth-order valence-electron chi connectivity index (χ4n) is 3.69.